The van der Waals surface area contributed by atoms with E-state index in [1.54, 1.807) is 30.7 Å². The second kappa shape index (κ2) is 4.33. The highest BCUT2D eigenvalue weighted by molar-refractivity contribution is 6.08. The van der Waals surface area contributed by atoms with Crippen LogP contribution in [0.2, 0.25) is 0 Å². The topological polar surface area (TPSA) is 57.8 Å². The highest BCUT2D eigenvalue weighted by Crippen LogP contribution is 2.22. The summed E-state index contributed by atoms with van der Waals surface area (Å²) in [5.74, 6) is -0.149. The van der Waals surface area contributed by atoms with Gasteiger partial charge in [0.25, 0.3) is 5.91 Å². The smallest absolute Gasteiger partial charge is 0.272 e. The molecule has 0 bridgehead atoms. The molecule has 3 aromatic rings. The van der Waals surface area contributed by atoms with Crippen molar-refractivity contribution in [2.75, 3.05) is 5.32 Å². The van der Waals surface area contributed by atoms with Crippen molar-refractivity contribution in [3.63, 3.8) is 0 Å². The van der Waals surface area contributed by atoms with Gasteiger partial charge in [-0.3, -0.25) is 9.78 Å². The predicted octanol–water partition coefficient (Wildman–Crippen LogP) is 2.82. The molecule has 4 heteroatoms. The first kappa shape index (κ1) is 10.5. The summed E-state index contributed by atoms with van der Waals surface area (Å²) in [5.41, 5.74) is 1.33. The molecule has 2 aromatic heterocycles. The van der Waals surface area contributed by atoms with Crippen molar-refractivity contribution < 1.29 is 4.79 Å². The highest BCUT2D eigenvalue weighted by Gasteiger charge is 2.08. The van der Waals surface area contributed by atoms with E-state index < -0.39 is 0 Å². The number of anilines is 1. The molecule has 1 aromatic carbocycles. The van der Waals surface area contributed by atoms with Crippen LogP contribution in [0.15, 0.2) is 55.0 Å². The summed E-state index contributed by atoms with van der Waals surface area (Å²) in [6.07, 6.45) is 5.22. The van der Waals surface area contributed by atoms with Crippen molar-refractivity contribution in [3.8, 4) is 0 Å². The molecule has 0 aliphatic heterocycles. The molecule has 1 amide bonds. The molecule has 3 rings (SSSR count). The van der Waals surface area contributed by atoms with E-state index in [9.17, 15) is 4.79 Å². The van der Waals surface area contributed by atoms with Crippen LogP contribution in [-0.4, -0.2) is 15.9 Å². The normalized spacial score (nSPS) is 10.4. The molecule has 0 spiro atoms. The minimum atomic E-state index is -0.149. The van der Waals surface area contributed by atoms with Gasteiger partial charge < -0.3 is 10.3 Å². The van der Waals surface area contributed by atoms with Gasteiger partial charge in [0.1, 0.15) is 5.69 Å². The first-order chi connectivity index (χ1) is 8.84. The van der Waals surface area contributed by atoms with E-state index in [4.69, 9.17) is 0 Å². The van der Waals surface area contributed by atoms with E-state index in [2.05, 4.69) is 15.3 Å². The fourth-order valence-electron chi connectivity index (χ4n) is 1.89. The zero-order valence-corrected chi connectivity index (χ0v) is 9.55. The molecule has 0 aliphatic carbocycles. The molecule has 4 nitrogen and oxygen atoms in total. The van der Waals surface area contributed by atoms with Gasteiger partial charge in [-0.1, -0.05) is 12.1 Å². The molecule has 0 unspecified atom stereocenters. The van der Waals surface area contributed by atoms with E-state index in [0.29, 0.717) is 5.69 Å². The number of pyridine rings is 1. The number of hydrogen-bond donors (Lipinski definition) is 2. The Morgan fingerprint density at radius 1 is 1.17 bits per heavy atom. The summed E-state index contributed by atoms with van der Waals surface area (Å²) in [6.45, 7) is 0. The lowest BCUT2D eigenvalue weighted by Gasteiger charge is -2.07. The molecule has 0 radical (unpaired) electrons. The lowest BCUT2D eigenvalue weighted by molar-refractivity contribution is 0.102. The average molecular weight is 237 g/mol. The fourth-order valence-corrected chi connectivity index (χ4v) is 1.89. The number of H-pyrrole nitrogens is 1. The minimum absolute atomic E-state index is 0.149. The zero-order valence-electron chi connectivity index (χ0n) is 9.55. The third-order valence-electron chi connectivity index (χ3n) is 2.77. The van der Waals surface area contributed by atoms with Gasteiger partial charge in [-0.15, -0.1) is 0 Å². The minimum Gasteiger partial charge on any atom is -0.357 e. The standard InChI is InChI=1S/C14H11N3O/c18-14(13-5-2-7-16-13)17-12-4-1-3-10-9-15-8-6-11(10)12/h1-9,16H,(H,17,18). The number of carbonyl (C=O) groups excluding carboxylic acids is 1. The van der Waals surface area contributed by atoms with Crippen LogP contribution in [0.5, 0.6) is 0 Å². The van der Waals surface area contributed by atoms with Gasteiger partial charge in [0, 0.05) is 35.1 Å². The molecule has 2 N–H and O–H groups in total. The third-order valence-corrected chi connectivity index (χ3v) is 2.77. The summed E-state index contributed by atoms with van der Waals surface area (Å²) in [7, 11) is 0. The van der Waals surface area contributed by atoms with Crippen LogP contribution in [-0.2, 0) is 0 Å². The van der Waals surface area contributed by atoms with Crippen LogP contribution >= 0.6 is 0 Å². The number of aromatic nitrogens is 2. The van der Waals surface area contributed by atoms with Crippen molar-refractivity contribution in [1.82, 2.24) is 9.97 Å². The maximum absolute atomic E-state index is 12.0. The molecule has 0 aliphatic rings. The Kier molecular flexibility index (Phi) is 2.53. The Bertz CT molecular complexity index is 684. The Morgan fingerprint density at radius 3 is 2.94 bits per heavy atom. The number of aromatic amines is 1. The molecule has 18 heavy (non-hydrogen) atoms. The van der Waals surface area contributed by atoms with Crippen LogP contribution in [0.25, 0.3) is 10.8 Å². The maximum Gasteiger partial charge on any atom is 0.272 e. The number of carbonyl (C=O) groups is 1. The average Bonchev–Trinajstić information content (AvgIpc) is 2.93. The largest absolute Gasteiger partial charge is 0.357 e. The first-order valence-corrected chi connectivity index (χ1v) is 5.62. The highest BCUT2D eigenvalue weighted by atomic mass is 16.1. The van der Waals surface area contributed by atoms with E-state index in [0.717, 1.165) is 16.5 Å². The quantitative estimate of drug-likeness (QED) is 0.720. The first-order valence-electron chi connectivity index (χ1n) is 5.62. The molecule has 88 valence electrons. The monoisotopic (exact) mass is 237 g/mol. The summed E-state index contributed by atoms with van der Waals surface area (Å²) >= 11 is 0. The Balaban J connectivity index is 1.98. The van der Waals surface area contributed by atoms with Crippen molar-refractivity contribution in [3.05, 3.63) is 60.7 Å². The Labute approximate surface area is 104 Å². The predicted molar refractivity (Wildman–Crippen MR) is 70.5 cm³/mol. The zero-order chi connectivity index (χ0) is 12.4. The lowest BCUT2D eigenvalue weighted by atomic mass is 10.1. The molecular weight excluding hydrogens is 226 g/mol. The Morgan fingerprint density at radius 2 is 2.11 bits per heavy atom. The number of benzene rings is 1. The van der Waals surface area contributed by atoms with Crippen molar-refractivity contribution in [1.29, 1.82) is 0 Å². The molecule has 0 atom stereocenters. The van der Waals surface area contributed by atoms with Gasteiger partial charge in [-0.25, -0.2) is 0 Å². The van der Waals surface area contributed by atoms with Crippen LogP contribution in [0.4, 0.5) is 5.69 Å². The third kappa shape index (κ3) is 1.84. The Hall–Kier alpha value is -2.62. The molecule has 0 fully saturated rings. The van der Waals surface area contributed by atoms with Crippen molar-refractivity contribution in [2.24, 2.45) is 0 Å². The summed E-state index contributed by atoms with van der Waals surface area (Å²) in [4.78, 5) is 18.9. The van der Waals surface area contributed by atoms with Gasteiger partial charge in [0.05, 0.1) is 0 Å². The molecule has 2 heterocycles. The second-order valence-corrected chi connectivity index (χ2v) is 3.94. The molecule has 0 saturated heterocycles. The van der Waals surface area contributed by atoms with E-state index >= 15 is 0 Å². The van der Waals surface area contributed by atoms with E-state index in [1.165, 1.54) is 0 Å². The van der Waals surface area contributed by atoms with Gasteiger partial charge in [-0.05, 0) is 24.3 Å². The molecule has 0 saturated carbocycles. The number of nitrogens with zero attached hydrogens (tertiary/aromatic N) is 1. The van der Waals surface area contributed by atoms with Crippen LogP contribution in [0.3, 0.4) is 0 Å². The van der Waals surface area contributed by atoms with Gasteiger partial charge >= 0.3 is 0 Å². The number of hydrogen-bond acceptors (Lipinski definition) is 2. The summed E-state index contributed by atoms with van der Waals surface area (Å²) in [5, 5.41) is 4.87. The molecular formula is C14H11N3O. The van der Waals surface area contributed by atoms with Crippen molar-refractivity contribution in [2.45, 2.75) is 0 Å². The van der Waals surface area contributed by atoms with E-state index in [-0.39, 0.29) is 5.91 Å². The lowest BCUT2D eigenvalue weighted by Crippen LogP contribution is -2.12. The fraction of sp³-hybridized carbons (Fsp3) is 0. The maximum atomic E-state index is 12.0. The SMILES string of the molecule is O=C(Nc1cccc2cnccc12)c1ccc[nH]1. The van der Waals surface area contributed by atoms with E-state index in [1.807, 2.05) is 24.3 Å². The van der Waals surface area contributed by atoms with Crippen LogP contribution in [0, 0.1) is 0 Å². The van der Waals surface area contributed by atoms with Gasteiger partial charge in [0.15, 0.2) is 0 Å². The number of nitrogens with one attached hydrogen (secondary N) is 2. The number of fused-ring (bicyclic) bond motifs is 1. The summed E-state index contributed by atoms with van der Waals surface area (Å²) < 4.78 is 0. The van der Waals surface area contributed by atoms with Crippen LogP contribution in [0.1, 0.15) is 10.5 Å². The second-order valence-electron chi connectivity index (χ2n) is 3.94. The van der Waals surface area contributed by atoms with Gasteiger partial charge in [0.2, 0.25) is 0 Å². The van der Waals surface area contributed by atoms with Gasteiger partial charge in [-0.2, -0.15) is 0 Å². The van der Waals surface area contributed by atoms with Crippen LogP contribution < -0.4 is 5.32 Å². The number of amides is 1. The summed E-state index contributed by atoms with van der Waals surface area (Å²) in [6, 6.07) is 11.2. The number of rotatable bonds is 2. The van der Waals surface area contributed by atoms with Crippen molar-refractivity contribution >= 4 is 22.4 Å².